The Morgan fingerprint density at radius 1 is 1.26 bits per heavy atom. The number of aromatic nitrogens is 2. The Hall–Kier alpha value is -1.61. The average Bonchev–Trinajstić information content (AvgIpc) is 2.72. The van der Waals surface area contributed by atoms with Gasteiger partial charge in [-0.25, -0.2) is 0 Å². The van der Waals surface area contributed by atoms with Crippen LogP contribution in [-0.4, -0.2) is 17.2 Å². The summed E-state index contributed by atoms with van der Waals surface area (Å²) in [4.78, 5) is 0. The van der Waals surface area contributed by atoms with E-state index in [1.807, 2.05) is 7.05 Å². The van der Waals surface area contributed by atoms with Crippen molar-refractivity contribution < 1.29 is 0 Å². The SMILES string of the molecule is CNCc1n[nH]c(C)c1-c1cc(C(C)C)ccc1C. The first-order valence-electron chi connectivity index (χ1n) is 6.84. The van der Waals surface area contributed by atoms with Crippen LogP contribution in [0.15, 0.2) is 18.2 Å². The number of hydrogen-bond donors (Lipinski definition) is 2. The van der Waals surface area contributed by atoms with Crippen LogP contribution in [0.3, 0.4) is 0 Å². The van der Waals surface area contributed by atoms with Gasteiger partial charge in [-0.3, -0.25) is 5.10 Å². The lowest BCUT2D eigenvalue weighted by Crippen LogP contribution is -2.07. The number of nitrogens with one attached hydrogen (secondary N) is 2. The van der Waals surface area contributed by atoms with Crippen molar-refractivity contribution in [2.45, 2.75) is 40.2 Å². The molecular formula is C16H23N3. The molecule has 19 heavy (non-hydrogen) atoms. The van der Waals surface area contributed by atoms with E-state index in [4.69, 9.17) is 0 Å². The molecule has 1 aromatic heterocycles. The Morgan fingerprint density at radius 2 is 2.00 bits per heavy atom. The third-order valence-electron chi connectivity index (χ3n) is 3.56. The van der Waals surface area contributed by atoms with E-state index < -0.39 is 0 Å². The van der Waals surface area contributed by atoms with E-state index >= 15 is 0 Å². The van der Waals surface area contributed by atoms with Gasteiger partial charge in [-0.15, -0.1) is 0 Å². The standard InChI is InChI=1S/C16H23N3/c1-10(2)13-7-6-11(3)14(8-13)16-12(4)18-19-15(16)9-17-5/h6-8,10,17H,9H2,1-5H3,(H,18,19). The van der Waals surface area contributed by atoms with E-state index in [9.17, 15) is 0 Å². The molecule has 2 rings (SSSR count). The minimum atomic E-state index is 0.541. The molecule has 2 aromatic rings. The van der Waals surface area contributed by atoms with Crippen LogP contribution in [0.1, 0.15) is 42.3 Å². The summed E-state index contributed by atoms with van der Waals surface area (Å²) in [5.41, 5.74) is 7.43. The predicted octanol–water partition coefficient (Wildman–Crippen LogP) is 3.54. The van der Waals surface area contributed by atoms with Gasteiger partial charge >= 0.3 is 0 Å². The molecule has 0 spiro atoms. The van der Waals surface area contributed by atoms with Crippen molar-refractivity contribution in [2.24, 2.45) is 0 Å². The smallest absolute Gasteiger partial charge is 0.0841 e. The Balaban J connectivity index is 2.57. The highest BCUT2D eigenvalue weighted by Crippen LogP contribution is 2.31. The Labute approximate surface area is 115 Å². The summed E-state index contributed by atoms with van der Waals surface area (Å²) < 4.78 is 0. The molecule has 0 saturated carbocycles. The average molecular weight is 257 g/mol. The zero-order valence-electron chi connectivity index (χ0n) is 12.5. The van der Waals surface area contributed by atoms with Crippen molar-refractivity contribution in [3.05, 3.63) is 40.7 Å². The second-order valence-electron chi connectivity index (χ2n) is 5.43. The monoisotopic (exact) mass is 257 g/mol. The maximum Gasteiger partial charge on any atom is 0.0841 e. The molecule has 0 aliphatic heterocycles. The van der Waals surface area contributed by atoms with Crippen LogP contribution in [-0.2, 0) is 6.54 Å². The maximum absolute atomic E-state index is 4.41. The Morgan fingerprint density at radius 3 is 2.63 bits per heavy atom. The van der Waals surface area contributed by atoms with Gasteiger partial charge in [-0.2, -0.15) is 5.10 Å². The highest BCUT2D eigenvalue weighted by molar-refractivity contribution is 5.72. The van der Waals surface area contributed by atoms with Crippen LogP contribution in [0.2, 0.25) is 0 Å². The molecule has 102 valence electrons. The van der Waals surface area contributed by atoms with Crippen molar-refractivity contribution in [2.75, 3.05) is 7.05 Å². The largest absolute Gasteiger partial charge is 0.314 e. The number of rotatable bonds is 4. The van der Waals surface area contributed by atoms with Gasteiger partial charge in [0, 0.05) is 17.8 Å². The molecule has 3 heteroatoms. The second kappa shape index (κ2) is 5.57. The molecule has 0 aliphatic rings. The summed E-state index contributed by atoms with van der Waals surface area (Å²) in [5, 5.41) is 10.7. The molecule has 3 nitrogen and oxygen atoms in total. The summed E-state index contributed by atoms with van der Waals surface area (Å²) >= 11 is 0. The molecule has 0 radical (unpaired) electrons. The minimum absolute atomic E-state index is 0.541. The first-order valence-corrected chi connectivity index (χ1v) is 6.84. The summed E-state index contributed by atoms with van der Waals surface area (Å²) in [5.74, 6) is 0.541. The van der Waals surface area contributed by atoms with Gasteiger partial charge in [0.05, 0.1) is 5.69 Å². The minimum Gasteiger partial charge on any atom is -0.314 e. The third kappa shape index (κ3) is 2.71. The van der Waals surface area contributed by atoms with E-state index in [-0.39, 0.29) is 0 Å². The second-order valence-corrected chi connectivity index (χ2v) is 5.43. The molecule has 0 atom stereocenters. The summed E-state index contributed by atoms with van der Waals surface area (Å²) in [7, 11) is 1.95. The third-order valence-corrected chi connectivity index (χ3v) is 3.56. The molecule has 0 bridgehead atoms. The van der Waals surface area contributed by atoms with Gasteiger partial charge in [0.15, 0.2) is 0 Å². The van der Waals surface area contributed by atoms with Gasteiger partial charge in [0.25, 0.3) is 0 Å². The highest BCUT2D eigenvalue weighted by atomic mass is 15.1. The molecule has 0 unspecified atom stereocenters. The normalized spacial score (nSPS) is 11.3. The number of hydrogen-bond acceptors (Lipinski definition) is 2. The molecule has 0 amide bonds. The van der Waals surface area contributed by atoms with Crippen molar-refractivity contribution in [3.63, 3.8) is 0 Å². The van der Waals surface area contributed by atoms with E-state index in [0.29, 0.717) is 5.92 Å². The van der Waals surface area contributed by atoms with Crippen molar-refractivity contribution >= 4 is 0 Å². The Bertz CT molecular complexity index is 567. The zero-order valence-corrected chi connectivity index (χ0v) is 12.5. The number of benzene rings is 1. The highest BCUT2D eigenvalue weighted by Gasteiger charge is 2.14. The van der Waals surface area contributed by atoms with Crippen LogP contribution in [0.5, 0.6) is 0 Å². The summed E-state index contributed by atoms with van der Waals surface area (Å²) in [6.07, 6.45) is 0. The van der Waals surface area contributed by atoms with Gasteiger partial charge in [-0.05, 0) is 43.5 Å². The van der Waals surface area contributed by atoms with E-state index in [1.54, 1.807) is 0 Å². The first-order chi connectivity index (χ1) is 9.04. The molecule has 1 aromatic carbocycles. The van der Waals surface area contributed by atoms with Crippen LogP contribution in [0.4, 0.5) is 0 Å². The van der Waals surface area contributed by atoms with Gasteiger partial charge < -0.3 is 5.32 Å². The number of nitrogens with zero attached hydrogens (tertiary/aromatic N) is 1. The first kappa shape index (κ1) is 13.8. The van der Waals surface area contributed by atoms with Crippen molar-refractivity contribution in [1.82, 2.24) is 15.5 Å². The van der Waals surface area contributed by atoms with E-state index in [0.717, 1.165) is 17.9 Å². The quantitative estimate of drug-likeness (QED) is 0.879. The van der Waals surface area contributed by atoms with Gasteiger partial charge in [0.2, 0.25) is 0 Å². The lowest BCUT2D eigenvalue weighted by molar-refractivity contribution is 0.784. The fraction of sp³-hybridized carbons (Fsp3) is 0.438. The fourth-order valence-electron chi connectivity index (χ4n) is 2.40. The van der Waals surface area contributed by atoms with Gasteiger partial charge in [-0.1, -0.05) is 32.0 Å². The number of H-pyrrole nitrogens is 1. The van der Waals surface area contributed by atoms with Crippen molar-refractivity contribution in [3.8, 4) is 11.1 Å². The van der Waals surface area contributed by atoms with E-state index in [2.05, 4.69) is 61.4 Å². The number of aromatic amines is 1. The van der Waals surface area contributed by atoms with E-state index in [1.165, 1.54) is 22.3 Å². The Kier molecular flexibility index (Phi) is 4.05. The fourth-order valence-corrected chi connectivity index (χ4v) is 2.40. The molecule has 1 heterocycles. The molecular weight excluding hydrogens is 234 g/mol. The van der Waals surface area contributed by atoms with Crippen LogP contribution in [0, 0.1) is 13.8 Å². The molecule has 0 fully saturated rings. The maximum atomic E-state index is 4.41. The van der Waals surface area contributed by atoms with Crippen LogP contribution >= 0.6 is 0 Å². The summed E-state index contributed by atoms with van der Waals surface area (Å²) in [6.45, 7) is 9.49. The molecule has 0 saturated heterocycles. The van der Waals surface area contributed by atoms with Crippen molar-refractivity contribution in [1.29, 1.82) is 0 Å². The van der Waals surface area contributed by atoms with Crippen LogP contribution < -0.4 is 5.32 Å². The molecule has 2 N–H and O–H groups in total. The topological polar surface area (TPSA) is 40.7 Å². The van der Waals surface area contributed by atoms with Crippen LogP contribution in [0.25, 0.3) is 11.1 Å². The summed E-state index contributed by atoms with van der Waals surface area (Å²) in [6, 6.07) is 6.73. The molecule has 0 aliphatic carbocycles. The van der Waals surface area contributed by atoms with Gasteiger partial charge in [0.1, 0.15) is 0 Å². The lowest BCUT2D eigenvalue weighted by Gasteiger charge is -2.12. The lowest BCUT2D eigenvalue weighted by atomic mass is 9.93. The zero-order chi connectivity index (χ0) is 14.0. The predicted molar refractivity (Wildman–Crippen MR) is 80.4 cm³/mol. The number of aryl methyl sites for hydroxylation is 2.